The lowest BCUT2D eigenvalue weighted by Crippen LogP contribution is -2.33. The van der Waals surface area contributed by atoms with Gasteiger partial charge in [-0.25, -0.2) is 4.98 Å². The van der Waals surface area contributed by atoms with Gasteiger partial charge in [0.2, 0.25) is 0 Å². The van der Waals surface area contributed by atoms with Crippen LogP contribution in [-0.4, -0.2) is 16.9 Å². The third-order valence-electron chi connectivity index (χ3n) is 2.94. The summed E-state index contributed by atoms with van der Waals surface area (Å²) >= 11 is 0. The smallest absolute Gasteiger partial charge is 0.273 e. The molecule has 1 aromatic carbocycles. The molecule has 0 aliphatic rings. The summed E-state index contributed by atoms with van der Waals surface area (Å²) in [5.41, 5.74) is 1.62. The van der Waals surface area contributed by atoms with E-state index in [1.165, 1.54) is 11.8 Å². The Morgan fingerprint density at radius 3 is 2.74 bits per heavy atom. The van der Waals surface area contributed by atoms with Gasteiger partial charge in [-0.05, 0) is 25.3 Å². The quantitative estimate of drug-likeness (QED) is 0.897. The summed E-state index contributed by atoms with van der Waals surface area (Å²) in [4.78, 5) is 15.8. The topological polar surface area (TPSA) is 55.1 Å². The number of nitrogens with one attached hydrogen (secondary N) is 1. The highest BCUT2D eigenvalue weighted by Gasteiger charge is 2.13. The van der Waals surface area contributed by atoms with Gasteiger partial charge >= 0.3 is 0 Å². The van der Waals surface area contributed by atoms with E-state index in [-0.39, 0.29) is 11.9 Å². The van der Waals surface area contributed by atoms with Crippen LogP contribution in [0.2, 0.25) is 0 Å². The van der Waals surface area contributed by atoms with Crippen LogP contribution in [0.3, 0.4) is 0 Å². The maximum absolute atomic E-state index is 11.8. The molecule has 4 heteroatoms. The van der Waals surface area contributed by atoms with Gasteiger partial charge in [0.05, 0.1) is 0 Å². The summed E-state index contributed by atoms with van der Waals surface area (Å²) in [6.45, 7) is 3.71. The summed E-state index contributed by atoms with van der Waals surface area (Å²) < 4.78 is 5.02. The number of carbonyl (C=O) groups is 1. The fraction of sp³-hybridized carbons (Fsp3) is 0.333. The van der Waals surface area contributed by atoms with Crippen molar-refractivity contribution in [2.75, 3.05) is 0 Å². The molecule has 1 amide bonds. The third-order valence-corrected chi connectivity index (χ3v) is 2.94. The largest absolute Gasteiger partial charge is 0.448 e. The van der Waals surface area contributed by atoms with Crippen molar-refractivity contribution < 1.29 is 9.21 Å². The minimum Gasteiger partial charge on any atom is -0.448 e. The number of rotatable bonds is 5. The number of aromatic nitrogens is 1. The fourth-order valence-electron chi connectivity index (χ4n) is 1.87. The van der Waals surface area contributed by atoms with E-state index in [9.17, 15) is 4.79 Å². The molecule has 100 valence electrons. The molecular formula is C15H18N2O2. The van der Waals surface area contributed by atoms with E-state index in [0.717, 1.165) is 12.8 Å². The molecule has 0 saturated carbocycles. The Bertz CT molecular complexity index is 534. The Morgan fingerprint density at radius 2 is 2.11 bits per heavy atom. The lowest BCUT2D eigenvalue weighted by molar-refractivity contribution is 0.0933. The highest BCUT2D eigenvalue weighted by molar-refractivity contribution is 5.92. The molecule has 2 aromatic rings. The number of amides is 1. The molecule has 0 unspecified atom stereocenters. The predicted octanol–water partition coefficient (Wildman–Crippen LogP) is 2.73. The van der Waals surface area contributed by atoms with Crippen LogP contribution in [0, 0.1) is 6.92 Å². The molecule has 0 saturated heterocycles. The molecule has 4 nitrogen and oxygen atoms in total. The van der Waals surface area contributed by atoms with E-state index >= 15 is 0 Å². The van der Waals surface area contributed by atoms with E-state index in [1.807, 2.05) is 25.1 Å². The predicted molar refractivity (Wildman–Crippen MR) is 72.9 cm³/mol. The van der Waals surface area contributed by atoms with Crippen molar-refractivity contribution in [2.45, 2.75) is 32.7 Å². The molecule has 1 atom stereocenters. The lowest BCUT2D eigenvalue weighted by atomic mass is 10.1. The second-order valence-corrected chi connectivity index (χ2v) is 4.65. The minimum atomic E-state index is -0.183. The lowest BCUT2D eigenvalue weighted by Gasteiger charge is -2.12. The molecular weight excluding hydrogens is 240 g/mol. The highest BCUT2D eigenvalue weighted by Crippen LogP contribution is 2.06. The van der Waals surface area contributed by atoms with Gasteiger partial charge in [0.1, 0.15) is 6.26 Å². The summed E-state index contributed by atoms with van der Waals surface area (Å²) in [5.74, 6) is 0.319. The van der Waals surface area contributed by atoms with Crippen molar-refractivity contribution in [3.8, 4) is 0 Å². The number of hydrogen-bond donors (Lipinski definition) is 1. The van der Waals surface area contributed by atoms with Crippen LogP contribution in [0.15, 0.2) is 41.0 Å². The van der Waals surface area contributed by atoms with Gasteiger partial charge in [0.15, 0.2) is 11.6 Å². The molecule has 0 aliphatic heterocycles. The van der Waals surface area contributed by atoms with Crippen LogP contribution in [0.1, 0.15) is 35.3 Å². The Balaban J connectivity index is 1.81. The number of nitrogens with zero attached hydrogens (tertiary/aromatic N) is 1. The van der Waals surface area contributed by atoms with Crippen LogP contribution in [0.4, 0.5) is 0 Å². The molecule has 0 aliphatic carbocycles. The SMILES string of the molecule is Cc1nc(C(=O)N[C@H](C)CCc2ccccc2)co1. The Labute approximate surface area is 112 Å². The van der Waals surface area contributed by atoms with Gasteiger partial charge in [-0.3, -0.25) is 4.79 Å². The first-order valence-electron chi connectivity index (χ1n) is 6.42. The van der Waals surface area contributed by atoms with Crippen LogP contribution >= 0.6 is 0 Å². The van der Waals surface area contributed by atoms with Gasteiger partial charge in [-0.1, -0.05) is 30.3 Å². The Morgan fingerprint density at radius 1 is 1.37 bits per heavy atom. The number of hydrogen-bond acceptors (Lipinski definition) is 3. The standard InChI is InChI=1S/C15H18N2O2/c1-11(8-9-13-6-4-3-5-7-13)16-15(18)14-10-19-12(2)17-14/h3-7,10-11H,8-9H2,1-2H3,(H,16,18)/t11-/m1/s1. The maximum Gasteiger partial charge on any atom is 0.273 e. The fourth-order valence-corrected chi connectivity index (χ4v) is 1.87. The summed E-state index contributed by atoms with van der Waals surface area (Å²) in [7, 11) is 0. The molecule has 1 heterocycles. The summed E-state index contributed by atoms with van der Waals surface area (Å²) in [5, 5.41) is 2.92. The van der Waals surface area contributed by atoms with Crippen LogP contribution in [0.5, 0.6) is 0 Å². The van der Waals surface area contributed by atoms with Gasteiger partial charge < -0.3 is 9.73 Å². The van der Waals surface area contributed by atoms with E-state index in [2.05, 4.69) is 22.4 Å². The zero-order chi connectivity index (χ0) is 13.7. The second kappa shape index (κ2) is 6.18. The van der Waals surface area contributed by atoms with Crippen molar-refractivity contribution in [3.05, 3.63) is 53.7 Å². The zero-order valence-corrected chi connectivity index (χ0v) is 11.2. The molecule has 0 radical (unpaired) electrons. The van der Waals surface area contributed by atoms with Gasteiger partial charge in [0.25, 0.3) is 5.91 Å². The van der Waals surface area contributed by atoms with Crippen molar-refractivity contribution in [2.24, 2.45) is 0 Å². The Kier molecular flexibility index (Phi) is 4.34. The second-order valence-electron chi connectivity index (χ2n) is 4.65. The van der Waals surface area contributed by atoms with Gasteiger partial charge in [-0.2, -0.15) is 0 Å². The molecule has 0 fully saturated rings. The van der Waals surface area contributed by atoms with E-state index in [1.54, 1.807) is 6.92 Å². The number of oxazole rings is 1. The molecule has 1 N–H and O–H groups in total. The van der Waals surface area contributed by atoms with Crippen LogP contribution in [0.25, 0.3) is 0 Å². The Hall–Kier alpha value is -2.10. The monoisotopic (exact) mass is 258 g/mol. The average molecular weight is 258 g/mol. The first-order valence-corrected chi connectivity index (χ1v) is 6.42. The zero-order valence-electron chi connectivity index (χ0n) is 11.2. The number of benzene rings is 1. The minimum absolute atomic E-state index is 0.102. The molecule has 0 bridgehead atoms. The number of carbonyl (C=O) groups excluding carboxylic acids is 1. The van der Waals surface area contributed by atoms with Crippen molar-refractivity contribution >= 4 is 5.91 Å². The van der Waals surface area contributed by atoms with E-state index in [0.29, 0.717) is 11.6 Å². The van der Waals surface area contributed by atoms with Crippen molar-refractivity contribution in [1.29, 1.82) is 0 Å². The molecule has 0 spiro atoms. The van der Waals surface area contributed by atoms with Crippen molar-refractivity contribution in [3.63, 3.8) is 0 Å². The average Bonchev–Trinajstić information content (AvgIpc) is 2.84. The normalized spacial score (nSPS) is 12.1. The van der Waals surface area contributed by atoms with Gasteiger partial charge in [-0.15, -0.1) is 0 Å². The molecule has 1 aromatic heterocycles. The molecule has 19 heavy (non-hydrogen) atoms. The van der Waals surface area contributed by atoms with Gasteiger partial charge in [0, 0.05) is 13.0 Å². The van der Waals surface area contributed by atoms with Crippen LogP contribution in [-0.2, 0) is 6.42 Å². The maximum atomic E-state index is 11.8. The highest BCUT2D eigenvalue weighted by atomic mass is 16.3. The van der Waals surface area contributed by atoms with Crippen LogP contribution < -0.4 is 5.32 Å². The van der Waals surface area contributed by atoms with E-state index < -0.39 is 0 Å². The molecule has 2 rings (SSSR count). The summed E-state index contributed by atoms with van der Waals surface area (Å²) in [6, 6.07) is 10.3. The summed E-state index contributed by atoms with van der Waals surface area (Å²) in [6.07, 6.45) is 3.22. The first kappa shape index (κ1) is 13.3. The van der Waals surface area contributed by atoms with Crippen molar-refractivity contribution in [1.82, 2.24) is 10.3 Å². The van der Waals surface area contributed by atoms with E-state index in [4.69, 9.17) is 4.42 Å². The number of aryl methyl sites for hydroxylation is 2. The first-order chi connectivity index (χ1) is 9.15. The third kappa shape index (κ3) is 3.95.